The number of piperazine rings is 1. The van der Waals surface area contributed by atoms with Crippen molar-refractivity contribution in [2.24, 2.45) is 0 Å². The molecule has 0 radical (unpaired) electrons. The maximum Gasteiger partial charge on any atom is 0.244 e. The maximum atomic E-state index is 12.6. The van der Waals surface area contributed by atoms with Gasteiger partial charge in [-0.1, -0.05) is 0 Å². The van der Waals surface area contributed by atoms with E-state index >= 15 is 0 Å². The van der Waals surface area contributed by atoms with Gasteiger partial charge < -0.3 is 19.9 Å². The summed E-state index contributed by atoms with van der Waals surface area (Å²) in [6.45, 7) is 4.63. The molecular formula is C17H22N6O2. The first-order valence-corrected chi connectivity index (χ1v) is 8.24. The molecule has 0 bridgehead atoms. The summed E-state index contributed by atoms with van der Waals surface area (Å²) >= 11 is 0. The van der Waals surface area contributed by atoms with Crippen molar-refractivity contribution in [3.63, 3.8) is 0 Å². The lowest BCUT2D eigenvalue weighted by Crippen LogP contribution is -2.52. The lowest BCUT2D eigenvalue weighted by molar-refractivity contribution is -0.131. The molecule has 0 aromatic carbocycles. The minimum Gasteiger partial charge on any atom is -0.481 e. The highest BCUT2D eigenvalue weighted by molar-refractivity contribution is 5.84. The van der Waals surface area contributed by atoms with E-state index in [2.05, 4.69) is 25.2 Å². The van der Waals surface area contributed by atoms with Gasteiger partial charge in [0.2, 0.25) is 17.7 Å². The van der Waals surface area contributed by atoms with E-state index < -0.39 is 0 Å². The monoisotopic (exact) mass is 342 g/mol. The Balaban J connectivity index is 1.52. The Hall–Kier alpha value is -2.90. The SMILES string of the molecule is COc1ccc(NC(C)C(=O)N2CCN(c3ncccn3)CC2)cn1. The Morgan fingerprint density at radius 3 is 2.48 bits per heavy atom. The molecule has 1 N–H and O–H groups in total. The van der Waals surface area contributed by atoms with Crippen LogP contribution in [-0.2, 0) is 4.79 Å². The second kappa shape index (κ2) is 7.78. The summed E-state index contributed by atoms with van der Waals surface area (Å²) in [4.78, 5) is 29.3. The van der Waals surface area contributed by atoms with Gasteiger partial charge in [0, 0.05) is 44.6 Å². The highest BCUT2D eigenvalue weighted by atomic mass is 16.5. The third-order valence-corrected chi connectivity index (χ3v) is 4.13. The van der Waals surface area contributed by atoms with Gasteiger partial charge in [0.15, 0.2) is 0 Å². The number of hydrogen-bond acceptors (Lipinski definition) is 7. The van der Waals surface area contributed by atoms with Crippen molar-refractivity contribution >= 4 is 17.5 Å². The maximum absolute atomic E-state index is 12.6. The van der Waals surface area contributed by atoms with Gasteiger partial charge in [0.05, 0.1) is 19.0 Å². The first-order chi connectivity index (χ1) is 12.2. The second-order valence-electron chi connectivity index (χ2n) is 5.82. The molecule has 1 atom stereocenters. The van der Waals surface area contributed by atoms with Crippen LogP contribution in [0.2, 0.25) is 0 Å². The average Bonchev–Trinajstić information content (AvgIpc) is 2.69. The number of nitrogens with zero attached hydrogens (tertiary/aromatic N) is 5. The summed E-state index contributed by atoms with van der Waals surface area (Å²) in [7, 11) is 1.57. The van der Waals surface area contributed by atoms with Crippen LogP contribution in [0.15, 0.2) is 36.8 Å². The second-order valence-corrected chi connectivity index (χ2v) is 5.82. The molecule has 8 nitrogen and oxygen atoms in total. The quantitative estimate of drug-likeness (QED) is 0.869. The van der Waals surface area contributed by atoms with Crippen LogP contribution in [0, 0.1) is 0 Å². The number of amides is 1. The van der Waals surface area contributed by atoms with Crippen LogP contribution in [0.1, 0.15) is 6.92 Å². The fraction of sp³-hybridized carbons (Fsp3) is 0.412. The smallest absolute Gasteiger partial charge is 0.244 e. The molecule has 0 saturated carbocycles. The van der Waals surface area contributed by atoms with Crippen molar-refractivity contribution in [3.8, 4) is 5.88 Å². The van der Waals surface area contributed by atoms with Crippen molar-refractivity contribution in [2.75, 3.05) is 43.5 Å². The Morgan fingerprint density at radius 1 is 1.16 bits per heavy atom. The zero-order chi connectivity index (χ0) is 17.6. The predicted octanol–water partition coefficient (Wildman–Crippen LogP) is 1.03. The number of anilines is 2. The molecule has 3 heterocycles. The summed E-state index contributed by atoms with van der Waals surface area (Å²) in [5.74, 6) is 1.33. The Morgan fingerprint density at radius 2 is 1.88 bits per heavy atom. The van der Waals surface area contributed by atoms with Gasteiger partial charge in [-0.2, -0.15) is 0 Å². The number of rotatable bonds is 5. The van der Waals surface area contributed by atoms with Gasteiger partial charge in [0.25, 0.3) is 0 Å². The summed E-state index contributed by atoms with van der Waals surface area (Å²) in [5.41, 5.74) is 0.790. The van der Waals surface area contributed by atoms with E-state index in [1.807, 2.05) is 17.9 Å². The third kappa shape index (κ3) is 4.14. The average molecular weight is 342 g/mol. The van der Waals surface area contributed by atoms with E-state index in [1.54, 1.807) is 37.8 Å². The van der Waals surface area contributed by atoms with Crippen LogP contribution in [0.4, 0.5) is 11.6 Å². The van der Waals surface area contributed by atoms with E-state index in [1.165, 1.54) is 0 Å². The first kappa shape index (κ1) is 16.9. The fourth-order valence-electron chi connectivity index (χ4n) is 2.75. The molecule has 1 aliphatic rings. The molecule has 1 aliphatic heterocycles. The normalized spacial score (nSPS) is 15.6. The summed E-state index contributed by atoms with van der Waals surface area (Å²) in [6.07, 6.45) is 5.12. The van der Waals surface area contributed by atoms with Crippen molar-refractivity contribution in [3.05, 3.63) is 36.8 Å². The summed E-state index contributed by atoms with van der Waals surface area (Å²) in [5, 5.41) is 3.19. The molecule has 2 aromatic rings. The fourth-order valence-corrected chi connectivity index (χ4v) is 2.75. The van der Waals surface area contributed by atoms with E-state index in [0.29, 0.717) is 24.9 Å². The van der Waals surface area contributed by atoms with Crippen LogP contribution in [0.5, 0.6) is 5.88 Å². The standard InChI is InChI=1S/C17H22N6O2/c1-13(21-14-4-5-15(25-2)20-12-14)16(24)22-8-10-23(11-9-22)17-18-6-3-7-19-17/h3-7,12-13,21H,8-11H2,1-2H3. The lowest BCUT2D eigenvalue weighted by Gasteiger charge is -2.36. The summed E-state index contributed by atoms with van der Waals surface area (Å²) in [6, 6.07) is 5.08. The molecule has 1 unspecified atom stereocenters. The number of pyridine rings is 1. The molecule has 2 aromatic heterocycles. The molecule has 132 valence electrons. The number of ether oxygens (including phenoxy) is 1. The molecule has 8 heteroatoms. The molecule has 1 amide bonds. The van der Waals surface area contributed by atoms with Crippen molar-refractivity contribution < 1.29 is 9.53 Å². The number of aromatic nitrogens is 3. The molecule has 1 saturated heterocycles. The molecule has 0 spiro atoms. The third-order valence-electron chi connectivity index (χ3n) is 4.13. The number of carbonyl (C=O) groups excluding carboxylic acids is 1. The van der Waals surface area contributed by atoms with Crippen molar-refractivity contribution in [2.45, 2.75) is 13.0 Å². The summed E-state index contributed by atoms with van der Waals surface area (Å²) < 4.78 is 5.03. The molecule has 0 aliphatic carbocycles. The minimum absolute atomic E-state index is 0.0736. The zero-order valence-electron chi connectivity index (χ0n) is 14.4. The van der Waals surface area contributed by atoms with E-state index in [0.717, 1.165) is 18.8 Å². The van der Waals surface area contributed by atoms with Crippen LogP contribution in [0.25, 0.3) is 0 Å². The van der Waals surface area contributed by atoms with Gasteiger partial charge in [-0.3, -0.25) is 4.79 Å². The number of methoxy groups -OCH3 is 1. The van der Waals surface area contributed by atoms with Gasteiger partial charge in [-0.25, -0.2) is 15.0 Å². The highest BCUT2D eigenvalue weighted by Crippen LogP contribution is 2.14. The topological polar surface area (TPSA) is 83.5 Å². The zero-order valence-corrected chi connectivity index (χ0v) is 14.4. The number of hydrogen-bond donors (Lipinski definition) is 1. The van der Waals surface area contributed by atoms with Gasteiger partial charge in [-0.15, -0.1) is 0 Å². The van der Waals surface area contributed by atoms with Crippen molar-refractivity contribution in [1.29, 1.82) is 0 Å². The number of carbonyl (C=O) groups is 1. The molecule has 3 rings (SSSR count). The molecule has 1 fully saturated rings. The van der Waals surface area contributed by atoms with Gasteiger partial charge in [0.1, 0.15) is 6.04 Å². The predicted molar refractivity (Wildman–Crippen MR) is 94.7 cm³/mol. The number of nitrogens with one attached hydrogen (secondary N) is 1. The Kier molecular flexibility index (Phi) is 5.27. The van der Waals surface area contributed by atoms with Crippen LogP contribution < -0.4 is 15.0 Å². The molecule has 25 heavy (non-hydrogen) atoms. The van der Waals surface area contributed by atoms with E-state index in [-0.39, 0.29) is 11.9 Å². The molecular weight excluding hydrogens is 320 g/mol. The Labute approximate surface area is 146 Å². The van der Waals surface area contributed by atoms with E-state index in [9.17, 15) is 4.79 Å². The van der Waals surface area contributed by atoms with Gasteiger partial charge in [-0.05, 0) is 19.1 Å². The van der Waals surface area contributed by atoms with Crippen LogP contribution in [-0.4, -0.2) is 65.1 Å². The van der Waals surface area contributed by atoms with E-state index in [4.69, 9.17) is 4.74 Å². The van der Waals surface area contributed by atoms with Crippen LogP contribution in [0.3, 0.4) is 0 Å². The highest BCUT2D eigenvalue weighted by Gasteiger charge is 2.25. The van der Waals surface area contributed by atoms with Crippen molar-refractivity contribution in [1.82, 2.24) is 19.9 Å². The lowest BCUT2D eigenvalue weighted by atomic mass is 10.2. The minimum atomic E-state index is -0.324. The van der Waals surface area contributed by atoms with Crippen LogP contribution >= 0.6 is 0 Å². The largest absolute Gasteiger partial charge is 0.481 e. The first-order valence-electron chi connectivity index (χ1n) is 8.24. The van der Waals surface area contributed by atoms with Gasteiger partial charge >= 0.3 is 0 Å². The Bertz CT molecular complexity index is 686.